The van der Waals surface area contributed by atoms with Crippen LogP contribution in [0.4, 0.5) is 0 Å². The van der Waals surface area contributed by atoms with E-state index in [2.05, 4.69) is 9.97 Å². The summed E-state index contributed by atoms with van der Waals surface area (Å²) < 4.78 is 0. The highest BCUT2D eigenvalue weighted by Gasteiger charge is 2.61. The predicted molar refractivity (Wildman–Crippen MR) is 93.2 cm³/mol. The summed E-state index contributed by atoms with van der Waals surface area (Å²) in [5.41, 5.74) is 1.06. The summed E-state index contributed by atoms with van der Waals surface area (Å²) in [6.07, 6.45) is 3.46. The number of aryl methyl sites for hydroxylation is 1. The Morgan fingerprint density at radius 2 is 1.81 bits per heavy atom. The molecule has 0 radical (unpaired) electrons. The number of rotatable bonds is 2. The molecule has 2 bridgehead atoms. The molecule has 0 spiro atoms. The van der Waals surface area contributed by atoms with Crippen molar-refractivity contribution in [2.75, 3.05) is 13.1 Å². The van der Waals surface area contributed by atoms with E-state index >= 15 is 0 Å². The van der Waals surface area contributed by atoms with Gasteiger partial charge in [-0.05, 0) is 44.4 Å². The summed E-state index contributed by atoms with van der Waals surface area (Å²) in [6.45, 7) is 2.15. The maximum atomic E-state index is 12.8. The molecule has 8 nitrogen and oxygen atoms in total. The lowest BCUT2D eigenvalue weighted by molar-refractivity contribution is -0.147. The van der Waals surface area contributed by atoms with Gasteiger partial charge in [0.2, 0.25) is 17.7 Å². The van der Waals surface area contributed by atoms with Gasteiger partial charge < -0.3 is 9.88 Å². The molecule has 0 unspecified atom stereocenters. The number of H-pyrrole nitrogens is 1. The molecule has 2 aliphatic carbocycles. The number of hydrogen-bond donors (Lipinski definition) is 1. The fourth-order valence-corrected chi connectivity index (χ4v) is 5.64. The molecule has 2 aliphatic heterocycles. The van der Waals surface area contributed by atoms with E-state index in [4.69, 9.17) is 0 Å². The molecule has 1 saturated heterocycles. The van der Waals surface area contributed by atoms with Gasteiger partial charge in [-0.1, -0.05) is 0 Å². The fraction of sp³-hybridized carbons (Fsp3) is 0.632. The SMILES string of the molecule is Cc1nc2c(c(=O)[nH]1)CCN(C(=O)CN1C(=O)[C@H]3[C@@H]4CC[C@@H](C4)[C@@H]3C1=O)C2. The Hall–Kier alpha value is -2.51. The zero-order chi connectivity index (χ0) is 18.9. The molecule has 3 amide bonds. The van der Waals surface area contributed by atoms with Gasteiger partial charge in [-0.25, -0.2) is 4.98 Å². The van der Waals surface area contributed by atoms with Crippen LogP contribution in [0, 0.1) is 30.6 Å². The number of hydrogen-bond acceptors (Lipinski definition) is 5. The van der Waals surface area contributed by atoms with E-state index in [1.54, 1.807) is 11.8 Å². The van der Waals surface area contributed by atoms with Crippen molar-refractivity contribution < 1.29 is 14.4 Å². The van der Waals surface area contributed by atoms with Crippen LogP contribution in [0.1, 0.15) is 36.3 Å². The first-order chi connectivity index (χ1) is 12.9. The Balaban J connectivity index is 1.32. The van der Waals surface area contributed by atoms with Crippen LogP contribution >= 0.6 is 0 Å². The van der Waals surface area contributed by atoms with Crippen molar-refractivity contribution >= 4 is 17.7 Å². The van der Waals surface area contributed by atoms with Crippen LogP contribution < -0.4 is 5.56 Å². The first-order valence-electron chi connectivity index (χ1n) is 9.65. The maximum absolute atomic E-state index is 12.8. The highest BCUT2D eigenvalue weighted by Crippen LogP contribution is 2.56. The summed E-state index contributed by atoms with van der Waals surface area (Å²) in [4.78, 5) is 60.1. The second kappa shape index (κ2) is 5.74. The van der Waals surface area contributed by atoms with Crippen LogP contribution in [0.5, 0.6) is 0 Å². The molecule has 5 rings (SSSR count). The van der Waals surface area contributed by atoms with Crippen molar-refractivity contribution in [3.05, 3.63) is 27.4 Å². The van der Waals surface area contributed by atoms with Gasteiger partial charge >= 0.3 is 0 Å². The number of amides is 3. The Morgan fingerprint density at radius 3 is 2.48 bits per heavy atom. The molecule has 2 saturated carbocycles. The minimum absolute atomic E-state index is 0.155. The number of aromatic nitrogens is 2. The lowest BCUT2D eigenvalue weighted by atomic mass is 9.81. The van der Waals surface area contributed by atoms with Gasteiger partial charge in [0.15, 0.2) is 0 Å². The minimum atomic E-state index is -0.255. The molecular formula is C19H22N4O4. The molecule has 4 atom stereocenters. The fourth-order valence-electron chi connectivity index (χ4n) is 5.64. The molecular weight excluding hydrogens is 348 g/mol. The zero-order valence-corrected chi connectivity index (χ0v) is 15.2. The number of imide groups is 1. The average Bonchev–Trinajstić information content (AvgIpc) is 3.31. The molecule has 1 N–H and O–H groups in total. The maximum Gasteiger partial charge on any atom is 0.254 e. The van der Waals surface area contributed by atoms with Gasteiger partial charge in [-0.3, -0.25) is 24.1 Å². The van der Waals surface area contributed by atoms with Gasteiger partial charge in [0.25, 0.3) is 5.56 Å². The van der Waals surface area contributed by atoms with E-state index in [1.807, 2.05) is 0 Å². The summed E-state index contributed by atoms with van der Waals surface area (Å²) in [5, 5.41) is 0. The Bertz CT molecular complexity index is 895. The first-order valence-corrected chi connectivity index (χ1v) is 9.65. The third-order valence-corrected chi connectivity index (χ3v) is 6.86. The second-order valence-corrected chi connectivity index (χ2v) is 8.29. The molecule has 1 aromatic rings. The van der Waals surface area contributed by atoms with Crippen molar-refractivity contribution in [1.82, 2.24) is 19.8 Å². The zero-order valence-electron chi connectivity index (χ0n) is 15.2. The number of aromatic amines is 1. The van der Waals surface area contributed by atoms with Crippen molar-refractivity contribution in [1.29, 1.82) is 0 Å². The smallest absolute Gasteiger partial charge is 0.254 e. The normalized spacial score (nSPS) is 31.4. The van der Waals surface area contributed by atoms with Gasteiger partial charge in [-0.15, -0.1) is 0 Å². The summed E-state index contributed by atoms with van der Waals surface area (Å²) >= 11 is 0. The van der Waals surface area contributed by atoms with Crippen molar-refractivity contribution in [2.45, 2.75) is 39.2 Å². The largest absolute Gasteiger partial charge is 0.335 e. The van der Waals surface area contributed by atoms with Crippen LogP contribution in [0.25, 0.3) is 0 Å². The van der Waals surface area contributed by atoms with E-state index in [-0.39, 0.29) is 48.2 Å². The summed E-state index contributed by atoms with van der Waals surface area (Å²) in [6, 6.07) is 0. The van der Waals surface area contributed by atoms with Gasteiger partial charge in [0.05, 0.1) is 24.1 Å². The van der Waals surface area contributed by atoms with Gasteiger partial charge in [0.1, 0.15) is 12.4 Å². The average molecular weight is 370 g/mol. The van der Waals surface area contributed by atoms with Crippen molar-refractivity contribution in [2.24, 2.45) is 23.7 Å². The van der Waals surface area contributed by atoms with Gasteiger partial charge in [0, 0.05) is 12.1 Å². The number of carbonyl (C=O) groups excluding carboxylic acids is 3. The molecule has 142 valence electrons. The van der Waals surface area contributed by atoms with Crippen LogP contribution in [0.3, 0.4) is 0 Å². The molecule has 8 heteroatoms. The van der Waals surface area contributed by atoms with E-state index in [0.717, 1.165) is 19.3 Å². The quantitative estimate of drug-likeness (QED) is 0.738. The third kappa shape index (κ3) is 2.38. The van der Waals surface area contributed by atoms with E-state index in [9.17, 15) is 19.2 Å². The number of likely N-dealkylation sites (tertiary alicyclic amines) is 1. The standard InChI is InChI=1S/C19H22N4O4/c1-9-20-13-7-22(5-4-12(13)17(25)21-9)14(24)8-23-18(26)15-10-2-3-11(6-10)16(15)19(23)27/h10-11,15-16H,2-8H2,1H3,(H,20,21,25)/t10-,11+,15-,16-/m0/s1. The number of nitrogens with one attached hydrogen (secondary N) is 1. The molecule has 4 aliphatic rings. The van der Waals surface area contributed by atoms with Crippen LogP contribution in [0.2, 0.25) is 0 Å². The lowest BCUT2D eigenvalue weighted by Crippen LogP contribution is -2.46. The topological polar surface area (TPSA) is 103 Å². The van der Waals surface area contributed by atoms with Crippen molar-refractivity contribution in [3.63, 3.8) is 0 Å². The highest BCUT2D eigenvalue weighted by molar-refractivity contribution is 6.08. The summed E-state index contributed by atoms with van der Waals surface area (Å²) in [5.74, 6) is 0.176. The summed E-state index contributed by atoms with van der Waals surface area (Å²) in [7, 11) is 0. The molecule has 1 aromatic heterocycles. The highest BCUT2D eigenvalue weighted by atomic mass is 16.2. The Labute approximate surface area is 155 Å². The minimum Gasteiger partial charge on any atom is -0.335 e. The molecule has 3 heterocycles. The van der Waals surface area contributed by atoms with Crippen LogP contribution in [-0.2, 0) is 27.3 Å². The number of carbonyl (C=O) groups is 3. The van der Waals surface area contributed by atoms with Gasteiger partial charge in [-0.2, -0.15) is 0 Å². The molecule has 27 heavy (non-hydrogen) atoms. The van der Waals surface area contributed by atoms with E-state index in [0.29, 0.717) is 41.9 Å². The monoisotopic (exact) mass is 370 g/mol. The predicted octanol–water partition coefficient (Wildman–Crippen LogP) is -0.00588. The van der Waals surface area contributed by atoms with Crippen molar-refractivity contribution in [3.8, 4) is 0 Å². The number of fused-ring (bicyclic) bond motifs is 6. The Kier molecular flexibility index (Phi) is 3.54. The lowest BCUT2D eigenvalue weighted by Gasteiger charge is -2.29. The number of nitrogens with zero attached hydrogens (tertiary/aromatic N) is 3. The first kappa shape index (κ1) is 16.6. The third-order valence-electron chi connectivity index (χ3n) is 6.86. The second-order valence-electron chi connectivity index (χ2n) is 8.29. The van der Waals surface area contributed by atoms with Crippen LogP contribution in [0.15, 0.2) is 4.79 Å². The van der Waals surface area contributed by atoms with E-state index < -0.39 is 0 Å². The molecule has 3 fully saturated rings. The van der Waals surface area contributed by atoms with Crippen LogP contribution in [-0.4, -0.2) is 50.6 Å². The van der Waals surface area contributed by atoms with E-state index in [1.165, 1.54) is 4.90 Å². The molecule has 0 aromatic carbocycles. The Morgan fingerprint density at radius 1 is 1.15 bits per heavy atom.